The first-order valence-corrected chi connectivity index (χ1v) is 9.42. The van der Waals surface area contributed by atoms with Gasteiger partial charge in [-0.2, -0.15) is 13.2 Å². The normalized spacial score (nSPS) is 12.8. The number of benzene rings is 2. The Morgan fingerprint density at radius 2 is 1.66 bits per heavy atom. The highest BCUT2D eigenvalue weighted by Crippen LogP contribution is 2.32. The standard InChI is InChI=1S/C22H26F3NO3/c1-16(2)28-21(27)15-26(3)14-13-20(17-7-5-4-6-8-17)29-19-11-9-18(10-12-19)22(23,24)25/h4-12,16,20H,13-15H2,1-3H3. The third-order valence-electron chi connectivity index (χ3n) is 4.17. The SMILES string of the molecule is CC(C)OC(=O)CN(C)CCC(Oc1ccc(C(F)(F)F)cc1)c1ccccc1. The number of carbonyl (C=O) groups is 1. The molecule has 0 saturated heterocycles. The van der Waals surface area contributed by atoms with Gasteiger partial charge in [0.25, 0.3) is 0 Å². The maximum absolute atomic E-state index is 12.8. The van der Waals surface area contributed by atoms with Gasteiger partial charge in [-0.25, -0.2) is 0 Å². The maximum atomic E-state index is 12.8. The molecule has 0 bridgehead atoms. The minimum Gasteiger partial charge on any atom is -0.486 e. The Bertz CT molecular complexity index is 761. The van der Waals surface area contributed by atoms with E-state index in [-0.39, 0.29) is 24.7 Å². The van der Waals surface area contributed by atoms with Crippen LogP contribution in [0.2, 0.25) is 0 Å². The third-order valence-corrected chi connectivity index (χ3v) is 4.17. The molecule has 158 valence electrons. The van der Waals surface area contributed by atoms with Gasteiger partial charge in [-0.3, -0.25) is 9.69 Å². The van der Waals surface area contributed by atoms with Crippen molar-refractivity contribution in [1.82, 2.24) is 4.90 Å². The molecule has 29 heavy (non-hydrogen) atoms. The van der Waals surface area contributed by atoms with Crippen LogP contribution in [-0.4, -0.2) is 37.1 Å². The summed E-state index contributed by atoms with van der Waals surface area (Å²) in [6.07, 6.45) is -4.37. The zero-order chi connectivity index (χ0) is 21.4. The lowest BCUT2D eigenvalue weighted by atomic mass is 10.1. The minimum absolute atomic E-state index is 0.153. The van der Waals surface area contributed by atoms with Crippen molar-refractivity contribution in [3.8, 4) is 5.75 Å². The number of halogens is 3. The van der Waals surface area contributed by atoms with Gasteiger partial charge in [-0.05, 0) is 50.7 Å². The molecule has 2 rings (SSSR count). The lowest BCUT2D eigenvalue weighted by Crippen LogP contribution is -2.30. The zero-order valence-electron chi connectivity index (χ0n) is 16.8. The summed E-state index contributed by atoms with van der Waals surface area (Å²) in [6.45, 7) is 4.29. The summed E-state index contributed by atoms with van der Waals surface area (Å²) < 4.78 is 49.4. The van der Waals surface area contributed by atoms with Crippen LogP contribution in [0.3, 0.4) is 0 Å². The van der Waals surface area contributed by atoms with Crippen molar-refractivity contribution in [3.05, 3.63) is 65.7 Å². The molecule has 7 heteroatoms. The van der Waals surface area contributed by atoms with Crippen LogP contribution in [0.4, 0.5) is 13.2 Å². The fourth-order valence-corrected chi connectivity index (χ4v) is 2.79. The van der Waals surface area contributed by atoms with Crippen LogP contribution in [0.5, 0.6) is 5.75 Å². The van der Waals surface area contributed by atoms with Crippen LogP contribution in [0.25, 0.3) is 0 Å². The fraction of sp³-hybridized carbons (Fsp3) is 0.409. The number of hydrogen-bond acceptors (Lipinski definition) is 4. The Hall–Kier alpha value is -2.54. The van der Waals surface area contributed by atoms with Gasteiger partial charge in [0, 0.05) is 13.0 Å². The number of esters is 1. The summed E-state index contributed by atoms with van der Waals surface area (Å²) in [6, 6.07) is 14.1. The van der Waals surface area contributed by atoms with Crippen molar-refractivity contribution in [3.63, 3.8) is 0 Å². The highest BCUT2D eigenvalue weighted by atomic mass is 19.4. The van der Waals surface area contributed by atoms with E-state index in [0.29, 0.717) is 18.7 Å². The van der Waals surface area contributed by atoms with Crippen LogP contribution in [0.15, 0.2) is 54.6 Å². The monoisotopic (exact) mass is 409 g/mol. The average Bonchev–Trinajstić information content (AvgIpc) is 2.64. The second-order valence-corrected chi connectivity index (χ2v) is 7.10. The quantitative estimate of drug-likeness (QED) is 0.540. The number of rotatable bonds is 9. The van der Waals surface area contributed by atoms with E-state index in [2.05, 4.69) is 0 Å². The van der Waals surface area contributed by atoms with Gasteiger partial charge >= 0.3 is 12.1 Å². The molecule has 0 heterocycles. The summed E-state index contributed by atoms with van der Waals surface area (Å²) in [5, 5.41) is 0. The number of hydrogen-bond donors (Lipinski definition) is 0. The Morgan fingerprint density at radius 3 is 2.21 bits per heavy atom. The number of carbonyl (C=O) groups excluding carboxylic acids is 1. The van der Waals surface area contributed by atoms with E-state index in [1.807, 2.05) is 42.3 Å². The largest absolute Gasteiger partial charge is 0.486 e. The van der Waals surface area contributed by atoms with Crippen molar-refractivity contribution < 1.29 is 27.4 Å². The van der Waals surface area contributed by atoms with Crippen LogP contribution >= 0.6 is 0 Å². The van der Waals surface area contributed by atoms with E-state index < -0.39 is 11.7 Å². The smallest absolute Gasteiger partial charge is 0.416 e. The molecule has 0 aliphatic rings. The Balaban J connectivity index is 2.03. The van der Waals surface area contributed by atoms with Crippen molar-refractivity contribution in [2.45, 2.75) is 38.7 Å². The summed E-state index contributed by atoms with van der Waals surface area (Å²) in [7, 11) is 1.81. The highest BCUT2D eigenvalue weighted by molar-refractivity contribution is 5.71. The molecule has 0 amide bonds. The number of likely N-dealkylation sites (N-methyl/N-ethyl adjacent to an activating group) is 1. The van der Waals surface area contributed by atoms with Gasteiger partial charge < -0.3 is 9.47 Å². The number of nitrogens with zero attached hydrogens (tertiary/aromatic N) is 1. The van der Waals surface area contributed by atoms with Crippen LogP contribution in [0, 0.1) is 0 Å². The van der Waals surface area contributed by atoms with E-state index >= 15 is 0 Å². The van der Waals surface area contributed by atoms with Gasteiger partial charge in [-0.1, -0.05) is 30.3 Å². The van der Waals surface area contributed by atoms with Gasteiger partial charge in [0.05, 0.1) is 18.2 Å². The molecule has 0 radical (unpaired) electrons. The molecule has 2 aromatic rings. The fourth-order valence-electron chi connectivity index (χ4n) is 2.79. The molecule has 0 N–H and O–H groups in total. The van der Waals surface area contributed by atoms with E-state index in [1.165, 1.54) is 12.1 Å². The lowest BCUT2D eigenvalue weighted by molar-refractivity contribution is -0.148. The van der Waals surface area contributed by atoms with E-state index in [1.54, 1.807) is 13.8 Å². The summed E-state index contributed by atoms with van der Waals surface area (Å²) in [5.41, 5.74) is 0.190. The van der Waals surface area contributed by atoms with Crippen molar-refractivity contribution in [2.24, 2.45) is 0 Å². The number of alkyl halides is 3. The first-order chi connectivity index (χ1) is 13.6. The van der Waals surface area contributed by atoms with E-state index in [9.17, 15) is 18.0 Å². The van der Waals surface area contributed by atoms with Gasteiger partial charge in [0.15, 0.2) is 0 Å². The maximum Gasteiger partial charge on any atom is 0.416 e. The predicted molar refractivity (Wildman–Crippen MR) is 105 cm³/mol. The number of ether oxygens (including phenoxy) is 2. The van der Waals surface area contributed by atoms with Gasteiger partial charge in [0.2, 0.25) is 0 Å². The molecule has 1 atom stereocenters. The summed E-state index contributed by atoms with van der Waals surface area (Å²) in [5.74, 6) is 0.0520. The Labute approximate surface area is 169 Å². The molecule has 0 aromatic heterocycles. The third kappa shape index (κ3) is 7.77. The molecule has 4 nitrogen and oxygen atoms in total. The van der Waals surface area contributed by atoms with Crippen molar-refractivity contribution in [2.75, 3.05) is 20.1 Å². The predicted octanol–water partition coefficient (Wildman–Crippen LogP) is 5.10. The second-order valence-electron chi connectivity index (χ2n) is 7.10. The van der Waals surface area contributed by atoms with Crippen molar-refractivity contribution >= 4 is 5.97 Å². The summed E-state index contributed by atoms with van der Waals surface area (Å²) >= 11 is 0. The molecule has 0 aliphatic heterocycles. The van der Waals surface area contributed by atoms with Crippen LogP contribution < -0.4 is 4.74 Å². The van der Waals surface area contributed by atoms with E-state index in [0.717, 1.165) is 17.7 Å². The lowest BCUT2D eigenvalue weighted by Gasteiger charge is -2.23. The molecule has 1 unspecified atom stereocenters. The molecule has 2 aromatic carbocycles. The molecule has 0 spiro atoms. The molecular formula is C22H26F3NO3. The molecule has 0 fully saturated rings. The molecule has 0 saturated carbocycles. The Morgan fingerprint density at radius 1 is 1.03 bits per heavy atom. The van der Waals surface area contributed by atoms with Crippen molar-refractivity contribution in [1.29, 1.82) is 0 Å². The van der Waals surface area contributed by atoms with E-state index in [4.69, 9.17) is 9.47 Å². The first-order valence-electron chi connectivity index (χ1n) is 9.42. The van der Waals surface area contributed by atoms with Gasteiger partial charge in [-0.15, -0.1) is 0 Å². The molecule has 0 aliphatic carbocycles. The summed E-state index contributed by atoms with van der Waals surface area (Å²) in [4.78, 5) is 13.6. The Kier molecular flexibility index (Phi) is 8.08. The zero-order valence-corrected chi connectivity index (χ0v) is 16.8. The highest BCUT2D eigenvalue weighted by Gasteiger charge is 2.30. The second kappa shape index (κ2) is 10.3. The first kappa shape index (κ1) is 22.7. The van der Waals surface area contributed by atoms with Gasteiger partial charge in [0.1, 0.15) is 11.9 Å². The van der Waals surface area contributed by atoms with Crippen LogP contribution in [-0.2, 0) is 15.7 Å². The topological polar surface area (TPSA) is 38.8 Å². The minimum atomic E-state index is -4.38. The van der Waals surface area contributed by atoms with Crippen LogP contribution in [0.1, 0.15) is 37.5 Å². The molecular weight excluding hydrogens is 383 g/mol. The average molecular weight is 409 g/mol.